The zero-order chi connectivity index (χ0) is 11.7. The first kappa shape index (κ1) is 11.0. The third kappa shape index (κ3) is 2.42. The highest BCUT2D eigenvalue weighted by molar-refractivity contribution is 5.81. The summed E-state index contributed by atoms with van der Waals surface area (Å²) in [5, 5.41) is 3.21. The van der Waals surface area contributed by atoms with Crippen molar-refractivity contribution in [1.82, 2.24) is 5.32 Å². The summed E-state index contributed by atoms with van der Waals surface area (Å²) >= 11 is 0. The van der Waals surface area contributed by atoms with Gasteiger partial charge in [-0.3, -0.25) is 4.79 Å². The normalized spacial score (nSPS) is 18.8. The third-order valence-electron chi connectivity index (χ3n) is 3.95. The van der Waals surface area contributed by atoms with Gasteiger partial charge in [-0.05, 0) is 55.0 Å². The predicted octanol–water partition coefficient (Wildman–Crippen LogP) is 1.90. The van der Waals surface area contributed by atoms with Crippen LogP contribution in [-0.4, -0.2) is 18.9 Å². The minimum absolute atomic E-state index is 0.398. The Balaban J connectivity index is 1.62. The Kier molecular flexibility index (Phi) is 2.98. The Morgan fingerprint density at radius 1 is 1.24 bits per heavy atom. The second-order valence-electron chi connectivity index (χ2n) is 5.40. The van der Waals surface area contributed by atoms with Crippen LogP contribution in [0.1, 0.15) is 29.5 Å². The van der Waals surface area contributed by atoms with Crippen molar-refractivity contribution in [3.8, 4) is 0 Å². The Morgan fingerprint density at radius 3 is 2.82 bits per heavy atom. The topological polar surface area (TPSA) is 29.1 Å². The number of benzene rings is 1. The lowest BCUT2D eigenvalue weighted by atomic mass is 9.93. The lowest BCUT2D eigenvalue weighted by Gasteiger charge is -2.26. The number of hydrogen-bond donors (Lipinski definition) is 1. The molecule has 0 bridgehead atoms. The molecule has 1 aromatic rings. The highest BCUT2D eigenvalue weighted by atomic mass is 16.1. The van der Waals surface area contributed by atoms with Crippen LogP contribution >= 0.6 is 0 Å². The van der Waals surface area contributed by atoms with Crippen molar-refractivity contribution in [2.75, 3.05) is 13.1 Å². The summed E-state index contributed by atoms with van der Waals surface area (Å²) < 4.78 is 0. The van der Waals surface area contributed by atoms with Gasteiger partial charge in [0.1, 0.15) is 5.78 Å². The van der Waals surface area contributed by atoms with Crippen LogP contribution in [0.3, 0.4) is 0 Å². The lowest BCUT2D eigenvalue weighted by Crippen LogP contribution is -2.43. The van der Waals surface area contributed by atoms with Crippen LogP contribution in [0.4, 0.5) is 0 Å². The number of ketones is 1. The molecule has 1 N–H and O–H groups in total. The molecule has 2 nitrogen and oxygen atoms in total. The number of Topliss-reactive ketones (excluding diaryl/α,β-unsaturated/α-hetero) is 1. The second-order valence-corrected chi connectivity index (χ2v) is 5.40. The molecule has 3 rings (SSSR count). The molecule has 2 aliphatic rings. The lowest BCUT2D eigenvalue weighted by molar-refractivity contribution is -0.119. The summed E-state index contributed by atoms with van der Waals surface area (Å²) in [6.45, 7) is 2.05. The van der Waals surface area contributed by atoms with Gasteiger partial charge in [-0.2, -0.15) is 0 Å². The zero-order valence-electron chi connectivity index (χ0n) is 10.2. The van der Waals surface area contributed by atoms with Crippen molar-refractivity contribution in [2.45, 2.75) is 32.1 Å². The highest BCUT2D eigenvalue weighted by Crippen LogP contribution is 2.23. The summed E-state index contributed by atoms with van der Waals surface area (Å²) in [4.78, 5) is 11.9. The Morgan fingerprint density at radius 2 is 2.06 bits per heavy atom. The minimum atomic E-state index is 0.398. The first-order valence-electron chi connectivity index (χ1n) is 6.64. The van der Waals surface area contributed by atoms with E-state index in [1.54, 1.807) is 0 Å². The van der Waals surface area contributed by atoms with Gasteiger partial charge in [0.2, 0.25) is 0 Å². The van der Waals surface area contributed by atoms with Crippen LogP contribution in [0, 0.1) is 5.92 Å². The highest BCUT2D eigenvalue weighted by Gasteiger charge is 2.20. The Labute approximate surface area is 102 Å². The first-order valence-corrected chi connectivity index (χ1v) is 6.64. The standard InChI is InChI=1S/C15H19NO/c17-15(8-12-9-16-10-12)7-11-4-5-13-2-1-3-14(13)6-11/h4-6,12,16H,1-3,7-10H2. The Bertz CT molecular complexity index is 435. The van der Waals surface area contributed by atoms with Gasteiger partial charge in [0, 0.05) is 12.8 Å². The molecule has 0 spiro atoms. The van der Waals surface area contributed by atoms with Crippen LogP contribution in [0.15, 0.2) is 18.2 Å². The molecule has 0 atom stereocenters. The number of carbonyl (C=O) groups is 1. The van der Waals surface area contributed by atoms with Gasteiger partial charge in [0.15, 0.2) is 0 Å². The number of fused-ring (bicyclic) bond motifs is 1. The molecular weight excluding hydrogens is 210 g/mol. The van der Waals surface area contributed by atoms with Gasteiger partial charge in [-0.25, -0.2) is 0 Å². The second kappa shape index (κ2) is 4.61. The molecule has 0 saturated carbocycles. The van der Waals surface area contributed by atoms with E-state index in [1.165, 1.54) is 36.0 Å². The number of nitrogens with one attached hydrogen (secondary N) is 1. The summed E-state index contributed by atoms with van der Waals surface area (Å²) in [5.74, 6) is 0.992. The van der Waals surface area contributed by atoms with Crippen molar-refractivity contribution >= 4 is 5.78 Å². The van der Waals surface area contributed by atoms with Gasteiger partial charge in [-0.15, -0.1) is 0 Å². The molecule has 0 aromatic heterocycles. The fraction of sp³-hybridized carbons (Fsp3) is 0.533. The van der Waals surface area contributed by atoms with E-state index >= 15 is 0 Å². The molecule has 0 amide bonds. The van der Waals surface area contributed by atoms with Crippen LogP contribution in [0.5, 0.6) is 0 Å². The van der Waals surface area contributed by atoms with Gasteiger partial charge in [0.25, 0.3) is 0 Å². The molecule has 1 saturated heterocycles. The predicted molar refractivity (Wildman–Crippen MR) is 68.2 cm³/mol. The van der Waals surface area contributed by atoms with E-state index in [2.05, 4.69) is 23.5 Å². The maximum Gasteiger partial charge on any atom is 0.137 e. The molecule has 1 fully saturated rings. The van der Waals surface area contributed by atoms with Gasteiger partial charge < -0.3 is 5.32 Å². The first-order chi connectivity index (χ1) is 8.31. The van der Waals surface area contributed by atoms with Crippen LogP contribution in [0.25, 0.3) is 0 Å². The van der Waals surface area contributed by atoms with Crippen molar-refractivity contribution < 1.29 is 4.79 Å². The monoisotopic (exact) mass is 229 g/mol. The van der Waals surface area contributed by atoms with Gasteiger partial charge >= 0.3 is 0 Å². The molecule has 17 heavy (non-hydrogen) atoms. The van der Waals surface area contributed by atoms with E-state index in [0.717, 1.165) is 19.5 Å². The molecule has 1 aromatic carbocycles. The molecule has 1 aliphatic carbocycles. The number of rotatable bonds is 4. The largest absolute Gasteiger partial charge is 0.316 e. The fourth-order valence-electron chi connectivity index (χ4n) is 2.85. The Hall–Kier alpha value is -1.15. The molecule has 90 valence electrons. The van der Waals surface area contributed by atoms with E-state index in [4.69, 9.17) is 0 Å². The zero-order valence-corrected chi connectivity index (χ0v) is 10.2. The van der Waals surface area contributed by atoms with Crippen LogP contribution in [-0.2, 0) is 24.1 Å². The van der Waals surface area contributed by atoms with E-state index in [-0.39, 0.29) is 0 Å². The fourth-order valence-corrected chi connectivity index (χ4v) is 2.85. The molecule has 1 heterocycles. The quantitative estimate of drug-likeness (QED) is 0.854. The average molecular weight is 229 g/mol. The SMILES string of the molecule is O=C(Cc1ccc2c(c1)CCC2)CC1CNC1. The molecule has 0 radical (unpaired) electrons. The van der Waals surface area contributed by atoms with Crippen LogP contribution in [0.2, 0.25) is 0 Å². The van der Waals surface area contributed by atoms with E-state index < -0.39 is 0 Å². The van der Waals surface area contributed by atoms with E-state index in [1.807, 2.05) is 0 Å². The van der Waals surface area contributed by atoms with Gasteiger partial charge in [-0.1, -0.05) is 18.2 Å². The maximum absolute atomic E-state index is 11.9. The van der Waals surface area contributed by atoms with E-state index in [9.17, 15) is 4.79 Å². The smallest absolute Gasteiger partial charge is 0.137 e. The molecular formula is C15H19NO. The van der Waals surface area contributed by atoms with Crippen molar-refractivity contribution in [3.63, 3.8) is 0 Å². The summed E-state index contributed by atoms with van der Waals surface area (Å²) in [6, 6.07) is 6.61. The molecule has 1 aliphatic heterocycles. The summed E-state index contributed by atoms with van der Waals surface area (Å²) in [7, 11) is 0. The van der Waals surface area contributed by atoms with Crippen molar-refractivity contribution in [3.05, 3.63) is 34.9 Å². The molecule has 0 unspecified atom stereocenters. The van der Waals surface area contributed by atoms with Gasteiger partial charge in [0.05, 0.1) is 0 Å². The number of aryl methyl sites for hydroxylation is 2. The van der Waals surface area contributed by atoms with Crippen molar-refractivity contribution in [1.29, 1.82) is 0 Å². The van der Waals surface area contributed by atoms with Crippen molar-refractivity contribution in [2.24, 2.45) is 5.92 Å². The maximum atomic E-state index is 11.9. The summed E-state index contributed by atoms with van der Waals surface area (Å²) in [5.41, 5.74) is 4.17. The molecule has 2 heteroatoms. The van der Waals surface area contributed by atoms with Crippen LogP contribution < -0.4 is 5.32 Å². The average Bonchev–Trinajstić information content (AvgIpc) is 2.71. The number of carbonyl (C=O) groups excluding carboxylic acids is 1. The number of hydrogen-bond acceptors (Lipinski definition) is 2. The third-order valence-corrected chi connectivity index (χ3v) is 3.95. The summed E-state index contributed by atoms with van der Waals surface area (Å²) in [6.07, 6.45) is 5.08. The minimum Gasteiger partial charge on any atom is -0.316 e. The van der Waals surface area contributed by atoms with E-state index in [0.29, 0.717) is 18.1 Å².